The van der Waals surface area contributed by atoms with E-state index in [1.807, 2.05) is 61.0 Å². The van der Waals surface area contributed by atoms with Gasteiger partial charge in [-0.3, -0.25) is 9.98 Å². The lowest BCUT2D eigenvalue weighted by Gasteiger charge is -2.10. The summed E-state index contributed by atoms with van der Waals surface area (Å²) < 4.78 is 11.1. The highest BCUT2D eigenvalue weighted by molar-refractivity contribution is 5.95. The van der Waals surface area contributed by atoms with Crippen molar-refractivity contribution in [2.45, 2.75) is 25.9 Å². The minimum atomic E-state index is -0.530. The van der Waals surface area contributed by atoms with Crippen molar-refractivity contribution in [3.63, 3.8) is 0 Å². The van der Waals surface area contributed by atoms with Crippen molar-refractivity contribution in [3.8, 4) is 11.5 Å². The van der Waals surface area contributed by atoms with Gasteiger partial charge in [-0.15, -0.1) is 0 Å². The third-order valence-corrected chi connectivity index (χ3v) is 8.98. The fourth-order valence-corrected chi connectivity index (χ4v) is 6.10. The predicted octanol–water partition coefficient (Wildman–Crippen LogP) is 10.8. The van der Waals surface area contributed by atoms with Crippen molar-refractivity contribution in [1.82, 2.24) is 0 Å². The van der Waals surface area contributed by atoms with Crippen molar-refractivity contribution < 1.29 is 19.1 Å². The molecular formula is C46H36N2O4. The van der Waals surface area contributed by atoms with E-state index in [1.54, 1.807) is 48.5 Å². The maximum Gasteiger partial charge on any atom is 0.343 e. The Bertz CT molecular complexity index is 2230. The number of hydrogen-bond acceptors (Lipinski definition) is 6. The molecule has 1 unspecified atom stereocenters. The topological polar surface area (TPSA) is 77.3 Å². The Hall–Kier alpha value is -6.66. The number of esters is 2. The van der Waals surface area contributed by atoms with Crippen molar-refractivity contribution in [1.29, 1.82) is 0 Å². The third-order valence-electron chi connectivity index (χ3n) is 8.98. The molecule has 0 aromatic heterocycles. The summed E-state index contributed by atoms with van der Waals surface area (Å²) in [6.07, 6.45) is 3.65. The van der Waals surface area contributed by atoms with Crippen LogP contribution in [0.2, 0.25) is 0 Å². The number of nitrogens with zero attached hydrogens (tertiary/aromatic N) is 2. The van der Waals surface area contributed by atoms with E-state index in [0.717, 1.165) is 22.3 Å². The van der Waals surface area contributed by atoms with Gasteiger partial charge >= 0.3 is 11.9 Å². The first-order valence-electron chi connectivity index (χ1n) is 17.2. The van der Waals surface area contributed by atoms with Crippen LogP contribution in [-0.4, -0.2) is 24.4 Å². The van der Waals surface area contributed by atoms with Crippen LogP contribution in [0.5, 0.6) is 11.5 Å². The van der Waals surface area contributed by atoms with E-state index in [2.05, 4.69) is 74.5 Å². The summed E-state index contributed by atoms with van der Waals surface area (Å²) in [5.41, 5.74) is 4.74. The van der Waals surface area contributed by atoms with E-state index in [0.29, 0.717) is 22.6 Å². The maximum absolute atomic E-state index is 12.8. The first-order chi connectivity index (χ1) is 25.4. The fraction of sp³-hybridized carbons (Fsp3) is 0.0870. The first-order valence-corrected chi connectivity index (χ1v) is 17.2. The Balaban J connectivity index is 0.911. The Morgan fingerprint density at radius 1 is 0.462 bits per heavy atom. The van der Waals surface area contributed by atoms with Crippen molar-refractivity contribution >= 4 is 45.9 Å². The molecule has 0 amide bonds. The lowest BCUT2D eigenvalue weighted by atomic mass is 10.00. The Morgan fingerprint density at radius 2 is 0.827 bits per heavy atom. The molecule has 0 N–H and O–H groups in total. The fourth-order valence-electron chi connectivity index (χ4n) is 6.10. The molecule has 2 atom stereocenters. The summed E-state index contributed by atoms with van der Waals surface area (Å²) in [5.74, 6) is -0.246. The molecule has 0 aliphatic heterocycles. The van der Waals surface area contributed by atoms with Gasteiger partial charge in [-0.25, -0.2) is 9.59 Å². The van der Waals surface area contributed by atoms with Crippen LogP contribution >= 0.6 is 0 Å². The number of hydrogen-bond donors (Lipinski definition) is 0. The highest BCUT2D eigenvalue weighted by Crippen LogP contribution is 2.28. The molecule has 7 aromatic rings. The smallest absolute Gasteiger partial charge is 0.343 e. The summed E-state index contributed by atoms with van der Waals surface area (Å²) in [4.78, 5) is 35.2. The number of rotatable bonds is 10. The second-order valence-electron chi connectivity index (χ2n) is 12.5. The van der Waals surface area contributed by atoms with Crippen LogP contribution < -0.4 is 9.47 Å². The molecule has 0 aliphatic rings. The van der Waals surface area contributed by atoms with Crippen LogP contribution in [0.4, 0.5) is 0 Å². The van der Waals surface area contributed by atoms with Gasteiger partial charge in [0.05, 0.1) is 23.2 Å². The molecule has 0 spiro atoms. The van der Waals surface area contributed by atoms with E-state index in [9.17, 15) is 9.59 Å². The van der Waals surface area contributed by atoms with Gasteiger partial charge in [0.15, 0.2) is 0 Å². The number of carbonyl (C=O) groups excluding carboxylic acids is 2. The average Bonchev–Trinajstić information content (AvgIpc) is 3.19. The number of fused-ring (bicyclic) bond motifs is 2. The normalized spacial score (nSPS) is 12.7. The van der Waals surface area contributed by atoms with Crippen molar-refractivity contribution in [3.05, 3.63) is 191 Å². The number of benzene rings is 7. The Kier molecular flexibility index (Phi) is 10.1. The molecule has 0 heterocycles. The molecule has 0 saturated heterocycles. The molecule has 0 radical (unpaired) electrons. The molecular weight excluding hydrogens is 645 g/mol. The van der Waals surface area contributed by atoms with Gasteiger partial charge < -0.3 is 9.47 Å². The minimum absolute atomic E-state index is 0.0225. The van der Waals surface area contributed by atoms with Crippen molar-refractivity contribution in [2.75, 3.05) is 0 Å². The molecule has 6 nitrogen and oxygen atoms in total. The third kappa shape index (κ3) is 7.87. The van der Waals surface area contributed by atoms with Crippen LogP contribution in [0.25, 0.3) is 21.5 Å². The number of aliphatic imine (C=N–C) groups is 2. The standard InChI is InChI=1S/C46H36N2O4/c1-31(41-15-7-11-35-9-3-5-13-43(35)41)47-29-33-17-25-39(26-18-33)51-45(49)37-21-23-38(24-22-37)46(50)52-40-27-19-34(20-28-40)30-48-32(2)42-16-8-12-36-10-4-6-14-44(36)42/h3-32H,1-2H3/t31-,32?/m1/s1. The summed E-state index contributed by atoms with van der Waals surface area (Å²) in [7, 11) is 0. The zero-order valence-electron chi connectivity index (χ0n) is 28.8. The molecule has 0 fully saturated rings. The molecule has 0 aliphatic carbocycles. The number of ether oxygens (including phenoxy) is 2. The van der Waals surface area contributed by atoms with E-state index >= 15 is 0 Å². The van der Waals surface area contributed by atoms with E-state index in [4.69, 9.17) is 19.5 Å². The maximum atomic E-state index is 12.8. The van der Waals surface area contributed by atoms with Crippen LogP contribution in [0.1, 0.15) is 68.9 Å². The lowest BCUT2D eigenvalue weighted by Crippen LogP contribution is -2.11. The summed E-state index contributed by atoms with van der Waals surface area (Å²) in [6.45, 7) is 4.14. The summed E-state index contributed by atoms with van der Waals surface area (Å²) in [5, 5.41) is 4.76. The minimum Gasteiger partial charge on any atom is -0.423 e. The second-order valence-corrected chi connectivity index (χ2v) is 12.5. The van der Waals surface area contributed by atoms with Gasteiger partial charge in [-0.05, 0) is 130 Å². The van der Waals surface area contributed by atoms with Gasteiger partial charge in [-0.2, -0.15) is 0 Å². The molecule has 0 saturated carbocycles. The van der Waals surface area contributed by atoms with Gasteiger partial charge in [0.1, 0.15) is 11.5 Å². The molecule has 7 aromatic carbocycles. The summed E-state index contributed by atoms with van der Waals surface area (Å²) in [6, 6.07) is 49.6. The first kappa shape index (κ1) is 33.8. The Morgan fingerprint density at radius 3 is 1.23 bits per heavy atom. The predicted molar refractivity (Wildman–Crippen MR) is 209 cm³/mol. The molecule has 7 rings (SSSR count). The zero-order valence-corrected chi connectivity index (χ0v) is 28.8. The Labute approximate surface area is 302 Å². The van der Waals surface area contributed by atoms with Gasteiger partial charge in [0.2, 0.25) is 0 Å². The van der Waals surface area contributed by atoms with E-state index in [1.165, 1.54) is 21.5 Å². The van der Waals surface area contributed by atoms with Crippen LogP contribution in [-0.2, 0) is 0 Å². The monoisotopic (exact) mass is 680 g/mol. The van der Waals surface area contributed by atoms with E-state index < -0.39 is 11.9 Å². The molecule has 52 heavy (non-hydrogen) atoms. The van der Waals surface area contributed by atoms with Gasteiger partial charge in [0.25, 0.3) is 0 Å². The summed E-state index contributed by atoms with van der Waals surface area (Å²) >= 11 is 0. The van der Waals surface area contributed by atoms with Crippen LogP contribution in [0.15, 0.2) is 168 Å². The van der Waals surface area contributed by atoms with Gasteiger partial charge in [-0.1, -0.05) is 84.9 Å². The highest BCUT2D eigenvalue weighted by atomic mass is 16.5. The van der Waals surface area contributed by atoms with E-state index in [-0.39, 0.29) is 12.1 Å². The SMILES string of the molecule is CC(N=Cc1ccc(OC(=O)c2ccc(C(=O)Oc3ccc(C=N[C@H](C)c4cccc5ccccc45)cc3)cc2)cc1)c1cccc2ccccc12. The zero-order chi connectivity index (χ0) is 35.9. The van der Waals surface area contributed by atoms with Crippen LogP contribution in [0, 0.1) is 0 Å². The van der Waals surface area contributed by atoms with Crippen molar-refractivity contribution in [2.24, 2.45) is 9.98 Å². The lowest BCUT2D eigenvalue weighted by molar-refractivity contribution is 0.0720. The highest BCUT2D eigenvalue weighted by Gasteiger charge is 2.14. The molecule has 254 valence electrons. The van der Waals surface area contributed by atoms with Gasteiger partial charge in [0, 0.05) is 12.4 Å². The molecule has 6 heteroatoms. The number of carbonyl (C=O) groups is 2. The molecule has 0 bridgehead atoms. The quantitative estimate of drug-likeness (QED) is 0.0818. The largest absolute Gasteiger partial charge is 0.423 e. The van der Waals surface area contributed by atoms with Crippen LogP contribution in [0.3, 0.4) is 0 Å². The average molecular weight is 681 g/mol. The second kappa shape index (κ2) is 15.5.